The van der Waals surface area contributed by atoms with Crippen LogP contribution in [0.4, 0.5) is 11.6 Å². The third-order valence-corrected chi connectivity index (χ3v) is 2.94. The van der Waals surface area contributed by atoms with Crippen molar-refractivity contribution >= 4 is 23.5 Å². The molecule has 1 aliphatic heterocycles. The summed E-state index contributed by atoms with van der Waals surface area (Å²) in [5.74, 6) is 0.406. The number of nitrogens with zero attached hydrogens (tertiary/aromatic N) is 3. The number of hydrogen-bond donors (Lipinski definition) is 2. The topological polar surface area (TPSA) is 87.2 Å². The van der Waals surface area contributed by atoms with Gasteiger partial charge in [0.05, 0.1) is 18.9 Å². The van der Waals surface area contributed by atoms with E-state index in [2.05, 4.69) is 20.6 Å². The van der Waals surface area contributed by atoms with Crippen LogP contribution in [0.15, 0.2) is 12.4 Å². The van der Waals surface area contributed by atoms with Gasteiger partial charge in [-0.25, -0.2) is 4.98 Å². The highest BCUT2D eigenvalue weighted by Crippen LogP contribution is 2.24. The molecule has 0 unspecified atom stereocenters. The van der Waals surface area contributed by atoms with Crippen LogP contribution < -0.4 is 15.5 Å². The van der Waals surface area contributed by atoms with E-state index in [1.54, 1.807) is 32.0 Å². The van der Waals surface area contributed by atoms with E-state index in [4.69, 9.17) is 0 Å². The molecule has 1 fully saturated rings. The Kier molecular flexibility index (Phi) is 2.90. The van der Waals surface area contributed by atoms with E-state index in [1.807, 2.05) is 0 Å². The number of rotatable bonds is 2. The molecule has 0 spiro atoms. The fourth-order valence-electron chi connectivity index (χ4n) is 1.76. The van der Waals surface area contributed by atoms with Crippen molar-refractivity contribution in [1.82, 2.24) is 15.3 Å². The Bertz CT molecular complexity index is 500. The first kappa shape index (κ1) is 12.3. The summed E-state index contributed by atoms with van der Waals surface area (Å²) in [6, 6.07) is 0. The Balaban J connectivity index is 2.40. The van der Waals surface area contributed by atoms with Gasteiger partial charge in [0.1, 0.15) is 11.4 Å². The molecule has 1 aromatic heterocycles. The molecule has 1 saturated heterocycles. The van der Waals surface area contributed by atoms with Crippen LogP contribution >= 0.6 is 0 Å². The Morgan fingerprint density at radius 2 is 2.11 bits per heavy atom. The Labute approximate surface area is 105 Å². The summed E-state index contributed by atoms with van der Waals surface area (Å²) in [6.45, 7) is 3.56. The number of hydrogen-bond acceptors (Lipinski definition) is 6. The number of piperazine rings is 1. The van der Waals surface area contributed by atoms with Crippen molar-refractivity contribution in [2.24, 2.45) is 0 Å². The fourth-order valence-corrected chi connectivity index (χ4v) is 1.76. The van der Waals surface area contributed by atoms with Gasteiger partial charge in [-0.1, -0.05) is 0 Å². The van der Waals surface area contributed by atoms with Gasteiger partial charge in [-0.3, -0.25) is 19.9 Å². The molecule has 0 atom stereocenters. The standard InChI is InChI=1S/C11H15N5O2/c1-11(2)10(18)15-9(17)6-16(11)8-5-13-4-7(12-3)14-8/h4-5H,6H2,1-3H3,(H,12,14)(H,15,17,18). The van der Waals surface area contributed by atoms with Crippen molar-refractivity contribution < 1.29 is 9.59 Å². The van der Waals surface area contributed by atoms with E-state index in [9.17, 15) is 9.59 Å². The molecule has 0 aromatic carbocycles. The molecule has 1 aliphatic rings. The maximum Gasteiger partial charge on any atom is 0.251 e. The molecule has 7 nitrogen and oxygen atoms in total. The quantitative estimate of drug-likeness (QED) is 0.703. The monoisotopic (exact) mass is 249 g/mol. The highest BCUT2D eigenvalue weighted by atomic mass is 16.2. The first-order chi connectivity index (χ1) is 8.45. The van der Waals surface area contributed by atoms with Crippen molar-refractivity contribution in [2.75, 3.05) is 23.8 Å². The number of amides is 2. The zero-order chi connectivity index (χ0) is 13.3. The molecule has 2 amide bonds. The lowest BCUT2D eigenvalue weighted by atomic mass is 9.99. The minimum absolute atomic E-state index is 0.0839. The zero-order valence-electron chi connectivity index (χ0n) is 10.5. The Hall–Kier alpha value is -2.18. The SMILES string of the molecule is CNc1cncc(N2CC(=O)NC(=O)C2(C)C)n1. The fraction of sp³-hybridized carbons (Fsp3) is 0.455. The maximum absolute atomic E-state index is 11.8. The third-order valence-electron chi connectivity index (χ3n) is 2.94. The van der Waals surface area contributed by atoms with Gasteiger partial charge < -0.3 is 10.2 Å². The lowest BCUT2D eigenvalue weighted by Crippen LogP contribution is -2.64. The minimum Gasteiger partial charge on any atom is -0.372 e. The molecular weight excluding hydrogens is 234 g/mol. The van der Waals surface area contributed by atoms with Crippen LogP contribution in [-0.4, -0.2) is 40.9 Å². The second kappa shape index (κ2) is 4.25. The molecule has 1 aromatic rings. The smallest absolute Gasteiger partial charge is 0.251 e. The first-order valence-corrected chi connectivity index (χ1v) is 5.57. The van der Waals surface area contributed by atoms with Gasteiger partial charge in [0.2, 0.25) is 5.91 Å². The molecule has 96 valence electrons. The van der Waals surface area contributed by atoms with Crippen LogP contribution in [0.25, 0.3) is 0 Å². The van der Waals surface area contributed by atoms with Crippen molar-refractivity contribution in [1.29, 1.82) is 0 Å². The normalized spacial score (nSPS) is 18.5. The van der Waals surface area contributed by atoms with Gasteiger partial charge in [0.15, 0.2) is 5.82 Å². The Morgan fingerprint density at radius 1 is 1.39 bits per heavy atom. The van der Waals surface area contributed by atoms with Crippen LogP contribution in [-0.2, 0) is 9.59 Å². The van der Waals surface area contributed by atoms with Gasteiger partial charge in [0, 0.05) is 7.05 Å². The van der Waals surface area contributed by atoms with Crippen LogP contribution in [0.5, 0.6) is 0 Å². The molecule has 2 rings (SSSR count). The lowest BCUT2D eigenvalue weighted by Gasteiger charge is -2.40. The molecule has 0 bridgehead atoms. The van der Waals surface area contributed by atoms with Crippen LogP contribution in [0.3, 0.4) is 0 Å². The number of anilines is 2. The number of carbonyl (C=O) groups is 2. The molecule has 18 heavy (non-hydrogen) atoms. The number of aromatic nitrogens is 2. The second-order valence-electron chi connectivity index (χ2n) is 4.53. The summed E-state index contributed by atoms with van der Waals surface area (Å²) >= 11 is 0. The first-order valence-electron chi connectivity index (χ1n) is 5.57. The van der Waals surface area contributed by atoms with Crippen LogP contribution in [0.2, 0.25) is 0 Å². The summed E-state index contributed by atoms with van der Waals surface area (Å²) in [5.41, 5.74) is -0.838. The largest absolute Gasteiger partial charge is 0.372 e. The van der Waals surface area contributed by atoms with Crippen molar-refractivity contribution in [3.05, 3.63) is 12.4 Å². The van der Waals surface area contributed by atoms with Gasteiger partial charge in [-0.15, -0.1) is 0 Å². The van der Waals surface area contributed by atoms with E-state index in [0.717, 1.165) is 0 Å². The zero-order valence-corrected chi connectivity index (χ0v) is 10.5. The van der Waals surface area contributed by atoms with E-state index >= 15 is 0 Å². The lowest BCUT2D eigenvalue weighted by molar-refractivity contribution is -0.135. The second-order valence-corrected chi connectivity index (χ2v) is 4.53. The van der Waals surface area contributed by atoms with E-state index < -0.39 is 5.54 Å². The number of imide groups is 1. The predicted octanol–water partition coefficient (Wildman–Crippen LogP) is -0.240. The van der Waals surface area contributed by atoms with Crippen LogP contribution in [0, 0.1) is 0 Å². The minimum atomic E-state index is -0.838. The van der Waals surface area contributed by atoms with Gasteiger partial charge in [-0.2, -0.15) is 0 Å². The van der Waals surface area contributed by atoms with E-state index in [-0.39, 0.29) is 18.4 Å². The van der Waals surface area contributed by atoms with E-state index in [0.29, 0.717) is 11.6 Å². The molecule has 7 heteroatoms. The number of nitrogens with one attached hydrogen (secondary N) is 2. The molecule has 0 saturated carbocycles. The number of carbonyl (C=O) groups excluding carboxylic acids is 2. The average Bonchev–Trinajstić information content (AvgIpc) is 2.34. The summed E-state index contributed by atoms with van der Waals surface area (Å²) in [7, 11) is 1.73. The van der Waals surface area contributed by atoms with Crippen molar-refractivity contribution in [3.63, 3.8) is 0 Å². The summed E-state index contributed by atoms with van der Waals surface area (Å²) in [5, 5.41) is 5.19. The summed E-state index contributed by atoms with van der Waals surface area (Å²) in [6.07, 6.45) is 3.11. The highest BCUT2D eigenvalue weighted by Gasteiger charge is 2.41. The van der Waals surface area contributed by atoms with Gasteiger partial charge >= 0.3 is 0 Å². The predicted molar refractivity (Wildman–Crippen MR) is 66.2 cm³/mol. The Morgan fingerprint density at radius 3 is 2.78 bits per heavy atom. The highest BCUT2D eigenvalue weighted by molar-refractivity contribution is 6.06. The maximum atomic E-state index is 11.8. The van der Waals surface area contributed by atoms with Gasteiger partial charge in [0.25, 0.3) is 5.91 Å². The van der Waals surface area contributed by atoms with E-state index in [1.165, 1.54) is 6.20 Å². The molecule has 0 radical (unpaired) electrons. The third kappa shape index (κ3) is 1.99. The molecule has 0 aliphatic carbocycles. The average molecular weight is 249 g/mol. The molecular formula is C11H15N5O2. The summed E-state index contributed by atoms with van der Waals surface area (Å²) in [4.78, 5) is 33.3. The molecule has 2 heterocycles. The van der Waals surface area contributed by atoms with Crippen molar-refractivity contribution in [3.8, 4) is 0 Å². The molecule has 2 N–H and O–H groups in total. The van der Waals surface area contributed by atoms with Crippen molar-refractivity contribution in [2.45, 2.75) is 19.4 Å². The van der Waals surface area contributed by atoms with Gasteiger partial charge in [-0.05, 0) is 13.8 Å². The summed E-state index contributed by atoms with van der Waals surface area (Å²) < 4.78 is 0. The van der Waals surface area contributed by atoms with Crippen LogP contribution in [0.1, 0.15) is 13.8 Å².